The summed E-state index contributed by atoms with van der Waals surface area (Å²) in [5.74, 6) is -20.4. The van der Waals surface area contributed by atoms with Crippen molar-refractivity contribution in [3.8, 4) is 0 Å². The van der Waals surface area contributed by atoms with Crippen LogP contribution in [-0.4, -0.2) is 33.4 Å². The summed E-state index contributed by atoms with van der Waals surface area (Å²) in [5, 5.41) is 1.80. The number of hydrogen-bond donors (Lipinski definition) is 0. The second-order valence-corrected chi connectivity index (χ2v) is 5.52. The van der Waals surface area contributed by atoms with Crippen LogP contribution < -0.4 is 15.9 Å². The molecule has 0 aliphatic carbocycles. The molecule has 0 aromatic heterocycles. The summed E-state index contributed by atoms with van der Waals surface area (Å²) >= 11 is 0. The summed E-state index contributed by atoms with van der Waals surface area (Å²) in [4.78, 5) is 0. The molecule has 0 atom stereocenters. The van der Waals surface area contributed by atoms with Crippen LogP contribution in [0, 0.1) is 52.4 Å². The molecule has 0 aliphatic rings. The van der Waals surface area contributed by atoms with Crippen LogP contribution in [0.15, 0.2) is 0 Å². The van der Waals surface area contributed by atoms with Crippen LogP contribution in [0.5, 0.6) is 0 Å². The van der Waals surface area contributed by atoms with Crippen molar-refractivity contribution in [2.75, 3.05) is 26.2 Å². The Kier molecular flexibility index (Phi) is 5.69. The molecule has 27 heavy (non-hydrogen) atoms. The van der Waals surface area contributed by atoms with E-state index in [-0.39, 0.29) is 7.28 Å². The van der Waals surface area contributed by atoms with E-state index in [0.29, 0.717) is 0 Å². The molecule has 0 saturated heterocycles. The highest BCUT2D eigenvalue weighted by molar-refractivity contribution is 6.69. The molecule has 0 N–H and O–H groups in total. The third kappa shape index (κ3) is 3.33. The van der Waals surface area contributed by atoms with Crippen molar-refractivity contribution in [2.45, 2.75) is 0 Å². The summed E-state index contributed by atoms with van der Waals surface area (Å²) < 4.78 is 123. The van der Waals surface area contributed by atoms with Gasteiger partial charge in [0.2, 0.25) is 7.28 Å². The highest BCUT2D eigenvalue weighted by Crippen LogP contribution is 2.24. The van der Waals surface area contributed by atoms with Gasteiger partial charge in [0.05, 0.1) is 5.69 Å². The predicted octanol–water partition coefficient (Wildman–Crippen LogP) is 2.51. The van der Waals surface area contributed by atoms with Crippen LogP contribution in [0.2, 0.25) is 0 Å². The van der Waals surface area contributed by atoms with Gasteiger partial charge in [-0.25, -0.2) is 44.5 Å². The van der Waals surface area contributed by atoms with Crippen LogP contribution in [0.1, 0.15) is 0 Å². The predicted molar refractivity (Wildman–Crippen MR) is 79.6 cm³/mol. The summed E-state index contributed by atoms with van der Waals surface area (Å²) in [5.41, 5.74) is -3.93. The highest BCUT2D eigenvalue weighted by Gasteiger charge is 2.32. The molecule has 145 valence electrons. The van der Waals surface area contributed by atoms with Crippen molar-refractivity contribution in [2.24, 2.45) is 0 Å². The van der Waals surface area contributed by atoms with Crippen LogP contribution in [0.25, 0.3) is 0 Å². The largest absolute Gasteiger partial charge is 0.307 e. The fourth-order valence-corrected chi connectivity index (χ4v) is 2.18. The van der Waals surface area contributed by atoms with Gasteiger partial charge in [-0.2, -0.15) is 0 Å². The molecule has 0 bridgehead atoms. The molecule has 0 saturated carbocycles. The lowest BCUT2D eigenvalue weighted by Crippen LogP contribution is -2.44. The first kappa shape index (κ1) is 20.9. The number of halogens is 9. The Labute approximate surface area is 148 Å². The van der Waals surface area contributed by atoms with Gasteiger partial charge in [-0.15, -0.1) is 0 Å². The third-order valence-electron chi connectivity index (χ3n) is 3.73. The van der Waals surface area contributed by atoms with Crippen LogP contribution >= 0.6 is 0 Å². The second-order valence-electron chi connectivity index (χ2n) is 5.52. The summed E-state index contributed by atoms with van der Waals surface area (Å²) in [6, 6.07) is 0. The minimum absolute atomic E-state index is 0.00648. The fraction of sp³-hybridized carbons (Fsp3) is 0.200. The van der Waals surface area contributed by atoms with E-state index >= 15 is 0 Å². The van der Waals surface area contributed by atoms with Crippen molar-refractivity contribution in [1.82, 2.24) is 5.01 Å². The zero-order valence-electron chi connectivity index (χ0n) is 13.9. The minimum atomic E-state index is -2.47. The van der Waals surface area contributed by atoms with Gasteiger partial charge < -0.3 is 5.01 Å². The number of rotatable bonds is 4. The number of anilines is 1. The van der Waals surface area contributed by atoms with E-state index < -0.39 is 69.0 Å². The molecule has 2 aromatic rings. The lowest BCUT2D eigenvalue weighted by molar-refractivity contribution is 0.375. The van der Waals surface area contributed by atoms with Crippen molar-refractivity contribution < 1.29 is 39.5 Å². The van der Waals surface area contributed by atoms with Crippen molar-refractivity contribution in [1.29, 1.82) is 0 Å². The van der Waals surface area contributed by atoms with Gasteiger partial charge >= 0.3 is 0 Å². The Bertz CT molecular complexity index is 888. The average Bonchev–Trinajstić information content (AvgIpc) is 2.63. The maximum absolute atomic E-state index is 14.2. The average molecular weight is 399 g/mol. The monoisotopic (exact) mass is 399 g/mol. The summed E-state index contributed by atoms with van der Waals surface area (Å²) in [6.45, 7) is 0. The molecule has 1 radical (unpaired) electrons. The van der Waals surface area contributed by atoms with E-state index in [0.717, 1.165) is 17.1 Å². The smallest absolute Gasteiger partial charge is 0.206 e. The van der Waals surface area contributed by atoms with Gasteiger partial charge in [0.1, 0.15) is 0 Å². The lowest BCUT2D eigenvalue weighted by Gasteiger charge is -2.29. The topological polar surface area (TPSA) is 6.48 Å². The molecule has 0 amide bonds. The summed E-state index contributed by atoms with van der Waals surface area (Å²) in [7, 11) is 3.62. The Morgan fingerprint density at radius 2 is 0.815 bits per heavy atom. The highest BCUT2D eigenvalue weighted by atomic mass is 19.2. The Balaban J connectivity index is 2.82. The van der Waals surface area contributed by atoms with E-state index in [4.69, 9.17) is 0 Å². The minimum Gasteiger partial charge on any atom is -0.307 e. The van der Waals surface area contributed by atoms with E-state index in [9.17, 15) is 39.5 Å². The van der Waals surface area contributed by atoms with E-state index in [1.54, 1.807) is 0 Å². The SMILES string of the molecule is CN(C)N(C)c1c(F)c(F)c(F)c(F)c1[B]c1c(F)c(F)c(F)c(F)c1F. The molecule has 12 heteroatoms. The quantitative estimate of drug-likeness (QED) is 0.257. The molecule has 2 nitrogen and oxygen atoms in total. The molecule has 0 spiro atoms. The molecule has 0 unspecified atom stereocenters. The normalized spacial score (nSPS) is 11.3. The Morgan fingerprint density at radius 3 is 1.22 bits per heavy atom. The van der Waals surface area contributed by atoms with Gasteiger partial charge in [-0.05, 0) is 10.9 Å². The number of benzene rings is 2. The molecule has 2 rings (SSSR count). The van der Waals surface area contributed by atoms with Gasteiger partial charge in [-0.1, -0.05) is 0 Å². The first-order chi connectivity index (χ1) is 12.4. The standard InChI is InChI=1S/C15H9BF9N2/c1-26(2)27(3)15-5(8(19)11(22)13(24)14(15)25)16-4-6(17)9(20)12(23)10(21)7(4)18/h1-3H3. The molecule has 0 fully saturated rings. The Morgan fingerprint density at radius 1 is 0.481 bits per heavy atom. The number of nitrogens with zero attached hydrogens (tertiary/aromatic N) is 2. The second kappa shape index (κ2) is 7.33. The van der Waals surface area contributed by atoms with Gasteiger partial charge in [-0.3, -0.25) is 0 Å². The van der Waals surface area contributed by atoms with Gasteiger partial charge in [0, 0.05) is 21.1 Å². The van der Waals surface area contributed by atoms with Gasteiger partial charge in [0.25, 0.3) is 0 Å². The molecule has 2 aromatic carbocycles. The lowest BCUT2D eigenvalue weighted by atomic mass is 9.62. The van der Waals surface area contributed by atoms with E-state index in [1.807, 2.05) is 0 Å². The maximum Gasteiger partial charge on any atom is 0.206 e. The van der Waals surface area contributed by atoms with E-state index in [1.165, 1.54) is 14.1 Å². The number of hydrogen-bond acceptors (Lipinski definition) is 2. The first-order valence-electron chi connectivity index (χ1n) is 7.04. The van der Waals surface area contributed by atoms with E-state index in [2.05, 4.69) is 0 Å². The molecular weight excluding hydrogens is 390 g/mol. The van der Waals surface area contributed by atoms with Gasteiger partial charge in [0.15, 0.2) is 52.4 Å². The molecule has 0 aliphatic heterocycles. The zero-order chi connectivity index (χ0) is 20.8. The molecular formula is C15H9BF9N2. The van der Waals surface area contributed by atoms with Crippen molar-refractivity contribution in [3.63, 3.8) is 0 Å². The van der Waals surface area contributed by atoms with Crippen LogP contribution in [0.3, 0.4) is 0 Å². The summed E-state index contributed by atoms with van der Waals surface area (Å²) in [6.07, 6.45) is 0. The number of hydrazine groups is 1. The van der Waals surface area contributed by atoms with Crippen LogP contribution in [0.4, 0.5) is 45.2 Å². The first-order valence-corrected chi connectivity index (χ1v) is 7.04. The Hall–Kier alpha value is -2.37. The molecule has 0 heterocycles. The third-order valence-corrected chi connectivity index (χ3v) is 3.73. The van der Waals surface area contributed by atoms with Crippen molar-refractivity contribution >= 4 is 23.9 Å². The maximum atomic E-state index is 14.2. The van der Waals surface area contributed by atoms with Crippen LogP contribution in [-0.2, 0) is 0 Å². The zero-order valence-corrected chi connectivity index (χ0v) is 13.9. The van der Waals surface area contributed by atoms with Crippen molar-refractivity contribution in [3.05, 3.63) is 52.4 Å². The fourth-order valence-electron chi connectivity index (χ4n) is 2.18.